The maximum atomic E-state index is 6.21. The van der Waals surface area contributed by atoms with Gasteiger partial charge in [-0.1, -0.05) is 30.3 Å². The Bertz CT molecular complexity index is 912. The van der Waals surface area contributed by atoms with Gasteiger partial charge in [0.25, 0.3) is 0 Å². The van der Waals surface area contributed by atoms with Gasteiger partial charge in [0.1, 0.15) is 11.0 Å². The summed E-state index contributed by atoms with van der Waals surface area (Å²) >= 11 is 12.4. The number of fused-ring (bicyclic) bond motifs is 1. The normalized spacial score (nSPS) is 14.6. The van der Waals surface area contributed by atoms with E-state index in [1.54, 1.807) is 0 Å². The second-order valence-electron chi connectivity index (χ2n) is 6.24. The van der Waals surface area contributed by atoms with Gasteiger partial charge in [-0.3, -0.25) is 0 Å². The number of nitrogens with zero attached hydrogens (tertiary/aromatic N) is 5. The van der Waals surface area contributed by atoms with E-state index in [2.05, 4.69) is 30.2 Å². The minimum absolute atomic E-state index is 0.164. The molecule has 1 N–H and O–H groups in total. The summed E-state index contributed by atoms with van der Waals surface area (Å²) in [4.78, 5) is 19.7. The van der Waals surface area contributed by atoms with Crippen LogP contribution < -0.4 is 10.2 Å². The van der Waals surface area contributed by atoms with Gasteiger partial charge in [0, 0.05) is 19.6 Å². The van der Waals surface area contributed by atoms with Crippen LogP contribution in [0.1, 0.15) is 24.8 Å². The van der Waals surface area contributed by atoms with E-state index in [9.17, 15) is 0 Å². The van der Waals surface area contributed by atoms with Crippen LogP contribution in [0.15, 0.2) is 30.3 Å². The van der Waals surface area contributed by atoms with E-state index >= 15 is 0 Å². The zero-order chi connectivity index (χ0) is 17.9. The Hall–Kier alpha value is -2.18. The first-order valence-corrected chi connectivity index (χ1v) is 9.40. The minimum atomic E-state index is 0.164. The van der Waals surface area contributed by atoms with Crippen molar-refractivity contribution in [3.63, 3.8) is 0 Å². The van der Waals surface area contributed by atoms with Crippen LogP contribution >= 0.6 is 23.2 Å². The molecule has 0 aliphatic carbocycles. The maximum Gasteiger partial charge on any atom is 0.225 e. The van der Waals surface area contributed by atoms with E-state index in [-0.39, 0.29) is 10.6 Å². The lowest BCUT2D eigenvalue weighted by Gasteiger charge is -2.28. The summed E-state index contributed by atoms with van der Waals surface area (Å²) in [5, 5.41) is 3.65. The van der Waals surface area contributed by atoms with Crippen molar-refractivity contribution < 1.29 is 0 Å². The molecule has 3 aromatic rings. The molecule has 2 aromatic heterocycles. The fourth-order valence-corrected chi connectivity index (χ4v) is 3.51. The topological polar surface area (TPSA) is 66.8 Å². The Morgan fingerprint density at radius 1 is 0.846 bits per heavy atom. The van der Waals surface area contributed by atoms with Gasteiger partial charge in [-0.2, -0.15) is 9.97 Å². The van der Waals surface area contributed by atoms with Gasteiger partial charge >= 0.3 is 0 Å². The molecule has 1 saturated heterocycles. The van der Waals surface area contributed by atoms with Gasteiger partial charge in [-0.05, 0) is 48.0 Å². The maximum absolute atomic E-state index is 6.21. The fraction of sp³-hybridized carbons (Fsp3) is 0.333. The molecular formula is C18H18Cl2N6. The third-order valence-electron chi connectivity index (χ3n) is 4.43. The van der Waals surface area contributed by atoms with Crippen LogP contribution in [0, 0.1) is 0 Å². The van der Waals surface area contributed by atoms with Crippen molar-refractivity contribution in [3.8, 4) is 0 Å². The zero-order valence-corrected chi connectivity index (χ0v) is 15.6. The van der Waals surface area contributed by atoms with Crippen LogP contribution in [0.5, 0.6) is 0 Å². The Kier molecular flexibility index (Phi) is 5.04. The first-order valence-electron chi connectivity index (χ1n) is 8.64. The van der Waals surface area contributed by atoms with Gasteiger partial charge in [-0.25, -0.2) is 9.97 Å². The standard InChI is InChI=1S/C18H18Cl2N6/c19-17-23-14-13(15(24-17)21-11-12-7-3-1-4-8-12)22-18(20)25-16(14)26-9-5-2-6-10-26/h1,3-4,7-8H,2,5-6,9-11H2,(H,21,23,24). The molecule has 1 aliphatic heterocycles. The number of hydrogen-bond donors (Lipinski definition) is 1. The van der Waals surface area contributed by atoms with E-state index in [0.29, 0.717) is 23.4 Å². The number of nitrogens with one attached hydrogen (secondary N) is 1. The van der Waals surface area contributed by atoms with Crippen LogP contribution in [-0.2, 0) is 6.54 Å². The van der Waals surface area contributed by atoms with Crippen molar-refractivity contribution in [1.29, 1.82) is 0 Å². The van der Waals surface area contributed by atoms with Crippen LogP contribution in [0.3, 0.4) is 0 Å². The number of piperidine rings is 1. The summed E-state index contributed by atoms with van der Waals surface area (Å²) in [5.74, 6) is 1.29. The summed E-state index contributed by atoms with van der Waals surface area (Å²) in [6.45, 7) is 2.46. The molecule has 6 nitrogen and oxygen atoms in total. The molecule has 0 amide bonds. The smallest absolute Gasteiger partial charge is 0.225 e. The molecule has 134 valence electrons. The van der Waals surface area contributed by atoms with Crippen LogP contribution in [0.4, 0.5) is 11.6 Å². The van der Waals surface area contributed by atoms with Gasteiger partial charge in [0.15, 0.2) is 11.6 Å². The molecule has 1 fully saturated rings. The first kappa shape index (κ1) is 17.2. The fourth-order valence-electron chi connectivity index (χ4n) is 3.18. The molecule has 8 heteroatoms. The quantitative estimate of drug-likeness (QED) is 0.670. The van der Waals surface area contributed by atoms with E-state index in [1.807, 2.05) is 30.3 Å². The molecule has 0 unspecified atom stereocenters. The highest BCUT2D eigenvalue weighted by molar-refractivity contribution is 6.30. The molecular weight excluding hydrogens is 371 g/mol. The van der Waals surface area contributed by atoms with Crippen LogP contribution in [0.25, 0.3) is 11.0 Å². The van der Waals surface area contributed by atoms with Gasteiger partial charge in [0.05, 0.1) is 0 Å². The monoisotopic (exact) mass is 388 g/mol. The van der Waals surface area contributed by atoms with Crippen LogP contribution in [-0.4, -0.2) is 33.0 Å². The highest BCUT2D eigenvalue weighted by atomic mass is 35.5. The molecule has 1 aliphatic rings. The number of aromatic nitrogens is 4. The molecule has 1 aromatic carbocycles. The molecule has 0 bridgehead atoms. The van der Waals surface area contributed by atoms with E-state index in [0.717, 1.165) is 37.3 Å². The van der Waals surface area contributed by atoms with E-state index < -0.39 is 0 Å². The SMILES string of the molecule is Clc1nc(N2CCCCC2)c2nc(Cl)nc(NCc3ccccc3)c2n1. The summed E-state index contributed by atoms with van der Waals surface area (Å²) in [6, 6.07) is 10.1. The Morgan fingerprint density at radius 3 is 2.31 bits per heavy atom. The third kappa shape index (κ3) is 3.66. The largest absolute Gasteiger partial charge is 0.364 e. The Labute approximate surface area is 161 Å². The second-order valence-corrected chi connectivity index (χ2v) is 6.92. The van der Waals surface area contributed by atoms with Crippen molar-refractivity contribution in [2.45, 2.75) is 25.8 Å². The highest BCUT2D eigenvalue weighted by Gasteiger charge is 2.20. The lowest BCUT2D eigenvalue weighted by atomic mass is 10.1. The van der Waals surface area contributed by atoms with Crippen molar-refractivity contribution in [1.82, 2.24) is 19.9 Å². The van der Waals surface area contributed by atoms with Crippen LogP contribution in [0.2, 0.25) is 10.6 Å². The molecule has 0 spiro atoms. The molecule has 3 heterocycles. The minimum Gasteiger partial charge on any atom is -0.364 e. The molecule has 0 atom stereocenters. The Morgan fingerprint density at radius 2 is 1.54 bits per heavy atom. The molecule has 0 radical (unpaired) electrons. The number of benzene rings is 1. The van der Waals surface area contributed by atoms with Gasteiger partial charge in [0.2, 0.25) is 10.6 Å². The summed E-state index contributed by atoms with van der Waals surface area (Å²) in [6.07, 6.45) is 3.48. The predicted molar refractivity (Wildman–Crippen MR) is 105 cm³/mol. The molecule has 0 saturated carbocycles. The number of rotatable bonds is 4. The van der Waals surface area contributed by atoms with Crippen molar-refractivity contribution in [2.75, 3.05) is 23.3 Å². The number of anilines is 2. The van der Waals surface area contributed by atoms with Crippen molar-refractivity contribution >= 4 is 45.9 Å². The average molecular weight is 389 g/mol. The summed E-state index contributed by atoms with van der Waals surface area (Å²) < 4.78 is 0. The lowest BCUT2D eigenvalue weighted by Crippen LogP contribution is -2.30. The van der Waals surface area contributed by atoms with Gasteiger partial charge < -0.3 is 10.2 Å². The Balaban J connectivity index is 1.74. The summed E-state index contributed by atoms with van der Waals surface area (Å²) in [7, 11) is 0. The first-order chi connectivity index (χ1) is 12.7. The lowest BCUT2D eigenvalue weighted by molar-refractivity contribution is 0.574. The van der Waals surface area contributed by atoms with Crippen molar-refractivity contribution in [2.24, 2.45) is 0 Å². The van der Waals surface area contributed by atoms with E-state index in [4.69, 9.17) is 23.2 Å². The van der Waals surface area contributed by atoms with Crippen molar-refractivity contribution in [3.05, 3.63) is 46.5 Å². The average Bonchev–Trinajstić information content (AvgIpc) is 2.67. The van der Waals surface area contributed by atoms with E-state index in [1.165, 1.54) is 6.42 Å². The predicted octanol–water partition coefficient (Wildman–Crippen LogP) is 4.33. The zero-order valence-electron chi connectivity index (χ0n) is 14.1. The third-order valence-corrected chi connectivity index (χ3v) is 4.77. The molecule has 26 heavy (non-hydrogen) atoms. The number of hydrogen-bond acceptors (Lipinski definition) is 6. The summed E-state index contributed by atoms with van der Waals surface area (Å²) in [5.41, 5.74) is 2.35. The highest BCUT2D eigenvalue weighted by Crippen LogP contribution is 2.30. The number of halogens is 2. The second kappa shape index (κ2) is 7.60. The van der Waals surface area contributed by atoms with Gasteiger partial charge in [-0.15, -0.1) is 0 Å². The molecule has 4 rings (SSSR count).